The molecule has 0 aromatic heterocycles. The predicted molar refractivity (Wildman–Crippen MR) is 113 cm³/mol. The lowest BCUT2D eigenvalue weighted by molar-refractivity contribution is 0.410. The summed E-state index contributed by atoms with van der Waals surface area (Å²) < 4.78 is 26.1. The van der Waals surface area contributed by atoms with Crippen molar-refractivity contribution >= 4 is 40.0 Å². The lowest BCUT2D eigenvalue weighted by Crippen LogP contribution is -2.44. The fourth-order valence-corrected chi connectivity index (χ4v) is 3.66. The molecular formula is C17H29IN4O2S. The Hall–Kier alpha value is -0.870. The quantitative estimate of drug-likeness (QED) is 0.332. The summed E-state index contributed by atoms with van der Waals surface area (Å²) in [5.74, 6) is 0.797. The molecule has 1 fully saturated rings. The molecule has 0 amide bonds. The molecule has 1 saturated carbocycles. The summed E-state index contributed by atoms with van der Waals surface area (Å²) in [4.78, 5) is 4.87. The SMILES string of the molecule is CCNC(=NCc1cccc(S(=O)(=O)NC)c1)NC1CCCCC1.I. The molecule has 0 saturated heterocycles. The third-order valence-corrected chi connectivity index (χ3v) is 5.60. The van der Waals surface area contributed by atoms with Crippen LogP contribution in [0.2, 0.25) is 0 Å². The number of hydrogen-bond acceptors (Lipinski definition) is 3. The van der Waals surface area contributed by atoms with Gasteiger partial charge in [-0.05, 0) is 44.5 Å². The number of nitrogens with zero attached hydrogens (tertiary/aromatic N) is 1. The van der Waals surface area contributed by atoms with Crippen LogP contribution < -0.4 is 15.4 Å². The van der Waals surface area contributed by atoms with E-state index in [2.05, 4.69) is 20.3 Å². The Morgan fingerprint density at radius 1 is 1.24 bits per heavy atom. The minimum atomic E-state index is -3.42. The second-order valence-corrected chi connectivity index (χ2v) is 7.92. The molecular weight excluding hydrogens is 451 g/mol. The molecule has 3 N–H and O–H groups in total. The van der Waals surface area contributed by atoms with E-state index in [4.69, 9.17) is 0 Å². The van der Waals surface area contributed by atoms with Gasteiger partial charge in [0.25, 0.3) is 0 Å². The van der Waals surface area contributed by atoms with E-state index in [1.807, 2.05) is 13.0 Å². The number of sulfonamides is 1. The molecule has 8 heteroatoms. The Bertz CT molecular complexity index is 658. The van der Waals surface area contributed by atoms with E-state index in [1.54, 1.807) is 18.2 Å². The highest BCUT2D eigenvalue weighted by atomic mass is 127. The molecule has 0 bridgehead atoms. The smallest absolute Gasteiger partial charge is 0.240 e. The van der Waals surface area contributed by atoms with Crippen molar-refractivity contribution in [3.8, 4) is 0 Å². The third kappa shape index (κ3) is 7.10. The molecule has 0 radical (unpaired) electrons. The molecule has 2 rings (SSSR count). The maximum absolute atomic E-state index is 11.9. The summed E-state index contributed by atoms with van der Waals surface area (Å²) in [6.07, 6.45) is 6.21. The van der Waals surface area contributed by atoms with Crippen molar-refractivity contribution in [2.45, 2.75) is 56.5 Å². The minimum absolute atomic E-state index is 0. The van der Waals surface area contributed by atoms with Crippen molar-refractivity contribution in [3.05, 3.63) is 29.8 Å². The van der Waals surface area contributed by atoms with E-state index in [0.717, 1.165) is 18.1 Å². The fourth-order valence-electron chi connectivity index (χ4n) is 2.86. The van der Waals surface area contributed by atoms with Gasteiger partial charge in [-0.3, -0.25) is 0 Å². The lowest BCUT2D eigenvalue weighted by atomic mass is 9.96. The number of aliphatic imine (C=N–C) groups is 1. The summed E-state index contributed by atoms with van der Waals surface area (Å²) in [5.41, 5.74) is 0.868. The Morgan fingerprint density at radius 2 is 1.96 bits per heavy atom. The topological polar surface area (TPSA) is 82.6 Å². The second kappa shape index (κ2) is 11.0. The lowest BCUT2D eigenvalue weighted by Gasteiger charge is -2.24. The van der Waals surface area contributed by atoms with Gasteiger partial charge in [0, 0.05) is 12.6 Å². The van der Waals surface area contributed by atoms with Crippen LogP contribution in [0.5, 0.6) is 0 Å². The van der Waals surface area contributed by atoms with Crippen LogP contribution in [0.3, 0.4) is 0 Å². The predicted octanol–water partition coefficient (Wildman–Crippen LogP) is 2.60. The van der Waals surface area contributed by atoms with Crippen LogP contribution in [0.4, 0.5) is 0 Å². The first-order valence-electron chi connectivity index (χ1n) is 8.62. The third-order valence-electron chi connectivity index (χ3n) is 4.19. The molecule has 0 heterocycles. The number of benzene rings is 1. The Labute approximate surface area is 168 Å². The van der Waals surface area contributed by atoms with Gasteiger partial charge in [0.1, 0.15) is 0 Å². The highest BCUT2D eigenvalue weighted by Gasteiger charge is 2.14. The summed E-state index contributed by atoms with van der Waals surface area (Å²) in [6.45, 7) is 3.28. The number of halogens is 1. The highest BCUT2D eigenvalue weighted by Crippen LogP contribution is 2.17. The summed E-state index contributed by atoms with van der Waals surface area (Å²) in [5, 5.41) is 6.76. The fraction of sp³-hybridized carbons (Fsp3) is 0.588. The van der Waals surface area contributed by atoms with Crippen LogP contribution in [0, 0.1) is 0 Å². The summed E-state index contributed by atoms with van der Waals surface area (Å²) >= 11 is 0. The molecule has 25 heavy (non-hydrogen) atoms. The monoisotopic (exact) mass is 480 g/mol. The van der Waals surface area contributed by atoms with E-state index in [0.29, 0.717) is 12.6 Å². The molecule has 0 unspecified atom stereocenters. The first-order valence-corrected chi connectivity index (χ1v) is 10.1. The van der Waals surface area contributed by atoms with Crippen LogP contribution >= 0.6 is 24.0 Å². The van der Waals surface area contributed by atoms with Gasteiger partial charge in [0.15, 0.2) is 5.96 Å². The van der Waals surface area contributed by atoms with Crippen molar-refractivity contribution < 1.29 is 8.42 Å². The molecule has 0 aliphatic heterocycles. The maximum Gasteiger partial charge on any atom is 0.240 e. The largest absolute Gasteiger partial charge is 0.357 e. The van der Waals surface area contributed by atoms with Crippen molar-refractivity contribution in [2.75, 3.05) is 13.6 Å². The number of nitrogens with one attached hydrogen (secondary N) is 3. The second-order valence-electron chi connectivity index (χ2n) is 6.03. The van der Waals surface area contributed by atoms with Crippen molar-refractivity contribution in [1.29, 1.82) is 0 Å². The zero-order chi connectivity index (χ0) is 17.4. The van der Waals surface area contributed by atoms with E-state index in [-0.39, 0.29) is 28.9 Å². The van der Waals surface area contributed by atoms with Gasteiger partial charge in [-0.2, -0.15) is 0 Å². The van der Waals surface area contributed by atoms with Crippen LogP contribution in [-0.2, 0) is 16.6 Å². The van der Waals surface area contributed by atoms with Gasteiger partial charge < -0.3 is 10.6 Å². The Balaban J connectivity index is 0.00000312. The maximum atomic E-state index is 11.9. The highest BCUT2D eigenvalue weighted by molar-refractivity contribution is 14.0. The number of rotatable bonds is 6. The van der Waals surface area contributed by atoms with Gasteiger partial charge in [-0.25, -0.2) is 18.1 Å². The molecule has 6 nitrogen and oxygen atoms in total. The summed E-state index contributed by atoms with van der Waals surface area (Å²) in [7, 11) is -2.01. The zero-order valence-electron chi connectivity index (χ0n) is 14.9. The van der Waals surface area contributed by atoms with Crippen molar-refractivity contribution in [3.63, 3.8) is 0 Å². The van der Waals surface area contributed by atoms with Gasteiger partial charge in [-0.15, -0.1) is 24.0 Å². The van der Waals surface area contributed by atoms with Crippen molar-refractivity contribution in [1.82, 2.24) is 15.4 Å². The van der Waals surface area contributed by atoms with Gasteiger partial charge >= 0.3 is 0 Å². The average Bonchev–Trinajstić information content (AvgIpc) is 2.61. The van der Waals surface area contributed by atoms with E-state index in [9.17, 15) is 8.42 Å². The van der Waals surface area contributed by atoms with Crippen LogP contribution in [0.25, 0.3) is 0 Å². The number of guanidine groups is 1. The molecule has 142 valence electrons. The first kappa shape index (κ1) is 22.2. The molecule has 0 atom stereocenters. The average molecular weight is 480 g/mol. The van der Waals surface area contributed by atoms with Gasteiger partial charge in [0.2, 0.25) is 10.0 Å². The van der Waals surface area contributed by atoms with Gasteiger partial charge in [0.05, 0.1) is 11.4 Å². The standard InChI is InChI=1S/C17H28N4O2S.HI/c1-3-19-17(21-15-9-5-4-6-10-15)20-13-14-8-7-11-16(12-14)24(22,23)18-2;/h7-8,11-12,15,18H,3-6,9-10,13H2,1-2H3,(H2,19,20,21);1H. The van der Waals surface area contributed by atoms with E-state index in [1.165, 1.54) is 39.2 Å². The first-order chi connectivity index (χ1) is 11.5. The molecule has 0 spiro atoms. The minimum Gasteiger partial charge on any atom is -0.357 e. The Morgan fingerprint density at radius 3 is 2.60 bits per heavy atom. The normalized spacial score (nSPS) is 16.2. The number of hydrogen-bond donors (Lipinski definition) is 3. The van der Waals surface area contributed by atoms with Crippen LogP contribution in [0.15, 0.2) is 34.2 Å². The zero-order valence-corrected chi connectivity index (χ0v) is 18.1. The van der Waals surface area contributed by atoms with E-state index >= 15 is 0 Å². The molecule has 1 aromatic carbocycles. The van der Waals surface area contributed by atoms with Crippen molar-refractivity contribution in [2.24, 2.45) is 4.99 Å². The molecule has 1 aliphatic rings. The summed E-state index contributed by atoms with van der Waals surface area (Å²) in [6, 6.07) is 7.37. The van der Waals surface area contributed by atoms with Gasteiger partial charge in [-0.1, -0.05) is 31.4 Å². The molecule has 1 aliphatic carbocycles. The Kier molecular flexibility index (Phi) is 9.73. The molecule has 1 aromatic rings. The van der Waals surface area contributed by atoms with Crippen LogP contribution in [0.1, 0.15) is 44.6 Å². The van der Waals surface area contributed by atoms with E-state index < -0.39 is 10.0 Å². The van der Waals surface area contributed by atoms with Crippen LogP contribution in [-0.4, -0.2) is 34.0 Å².